The molecule has 1 aliphatic rings. The largest absolute Gasteiger partial charge is 0.493 e. The summed E-state index contributed by atoms with van der Waals surface area (Å²) in [6.07, 6.45) is 1.71. The van der Waals surface area contributed by atoms with Crippen LogP contribution in [0.15, 0.2) is 27.6 Å². The van der Waals surface area contributed by atoms with E-state index in [-0.39, 0.29) is 12.5 Å². The number of hydrogen-bond acceptors (Lipinski definition) is 6. The van der Waals surface area contributed by atoms with Gasteiger partial charge in [0.25, 0.3) is 5.91 Å². The molecule has 1 aromatic rings. The molecule has 0 unspecified atom stereocenters. The lowest BCUT2D eigenvalue weighted by Crippen LogP contribution is -2.33. The van der Waals surface area contributed by atoms with Gasteiger partial charge in [-0.15, -0.1) is 0 Å². The molecule has 0 bridgehead atoms. The average molecular weight is 416 g/mol. The van der Waals surface area contributed by atoms with Crippen LogP contribution >= 0.6 is 39.9 Å². The number of ether oxygens (including phenoxy) is 2. The van der Waals surface area contributed by atoms with Crippen molar-refractivity contribution in [1.82, 2.24) is 4.90 Å². The molecular weight excluding hydrogens is 402 g/mol. The summed E-state index contributed by atoms with van der Waals surface area (Å²) in [5.74, 6) is -0.151. The van der Waals surface area contributed by atoms with Crippen LogP contribution in [0.1, 0.15) is 12.5 Å². The minimum absolute atomic E-state index is 0.185. The van der Waals surface area contributed by atoms with E-state index in [9.17, 15) is 9.59 Å². The Kier molecular flexibility index (Phi) is 6.20. The lowest BCUT2D eigenvalue weighted by Gasteiger charge is -2.12. The van der Waals surface area contributed by atoms with Gasteiger partial charge in [0.15, 0.2) is 0 Å². The highest BCUT2D eigenvalue weighted by Crippen LogP contribution is 2.35. The van der Waals surface area contributed by atoms with E-state index in [1.165, 1.54) is 12.0 Å². The fourth-order valence-electron chi connectivity index (χ4n) is 1.89. The molecule has 1 fully saturated rings. The minimum atomic E-state index is -0.514. The molecule has 1 heterocycles. The summed E-state index contributed by atoms with van der Waals surface area (Å²) in [5, 5.41) is 0. The van der Waals surface area contributed by atoms with Crippen LogP contribution in [-0.2, 0) is 14.3 Å². The van der Waals surface area contributed by atoms with Gasteiger partial charge in [-0.1, -0.05) is 39.9 Å². The van der Waals surface area contributed by atoms with E-state index in [0.717, 1.165) is 21.8 Å². The Morgan fingerprint density at radius 2 is 2.22 bits per heavy atom. The van der Waals surface area contributed by atoms with E-state index in [1.54, 1.807) is 6.08 Å². The first kappa shape index (κ1) is 18.0. The third-order valence-corrected chi connectivity index (χ3v) is 4.82. The summed E-state index contributed by atoms with van der Waals surface area (Å²) >= 11 is 9.72. The van der Waals surface area contributed by atoms with Gasteiger partial charge in [0.2, 0.25) is 0 Å². The van der Waals surface area contributed by atoms with Crippen molar-refractivity contribution in [3.05, 3.63) is 33.1 Å². The van der Waals surface area contributed by atoms with Crippen molar-refractivity contribution in [1.29, 1.82) is 0 Å². The first-order chi connectivity index (χ1) is 11.0. The summed E-state index contributed by atoms with van der Waals surface area (Å²) in [4.78, 5) is 25.5. The van der Waals surface area contributed by atoms with E-state index in [0.29, 0.717) is 21.6 Å². The third kappa shape index (κ3) is 4.33. The summed E-state index contributed by atoms with van der Waals surface area (Å²) in [7, 11) is 1.27. The van der Waals surface area contributed by atoms with Crippen molar-refractivity contribution >= 4 is 62.2 Å². The number of benzene rings is 1. The van der Waals surface area contributed by atoms with Gasteiger partial charge in [-0.05, 0) is 31.2 Å². The molecule has 1 aromatic carbocycles. The zero-order valence-corrected chi connectivity index (χ0v) is 15.7. The number of carbonyl (C=O) groups excluding carboxylic acids is 2. The summed E-state index contributed by atoms with van der Waals surface area (Å²) in [6.45, 7) is 2.22. The van der Waals surface area contributed by atoms with Crippen molar-refractivity contribution in [2.24, 2.45) is 0 Å². The monoisotopic (exact) mass is 415 g/mol. The van der Waals surface area contributed by atoms with Crippen molar-refractivity contribution in [3.8, 4) is 5.75 Å². The number of thioether (sulfide) groups is 1. The maximum absolute atomic E-state index is 12.4. The lowest BCUT2D eigenvalue weighted by molar-refractivity contribution is -0.143. The molecule has 0 aromatic heterocycles. The van der Waals surface area contributed by atoms with Gasteiger partial charge >= 0.3 is 5.97 Å². The van der Waals surface area contributed by atoms with E-state index in [4.69, 9.17) is 17.0 Å². The highest BCUT2D eigenvalue weighted by molar-refractivity contribution is 9.10. The molecule has 0 radical (unpaired) electrons. The van der Waals surface area contributed by atoms with E-state index >= 15 is 0 Å². The summed E-state index contributed by atoms with van der Waals surface area (Å²) < 4.78 is 11.4. The number of rotatable bonds is 5. The van der Waals surface area contributed by atoms with Crippen LogP contribution in [0.3, 0.4) is 0 Å². The van der Waals surface area contributed by atoms with Crippen LogP contribution in [0, 0.1) is 0 Å². The zero-order chi connectivity index (χ0) is 17.0. The van der Waals surface area contributed by atoms with Gasteiger partial charge in [0, 0.05) is 10.0 Å². The Morgan fingerprint density at radius 3 is 2.87 bits per heavy atom. The van der Waals surface area contributed by atoms with Gasteiger partial charge in [0.05, 0.1) is 18.6 Å². The number of halogens is 1. The molecule has 5 nitrogen and oxygen atoms in total. The standard InChI is InChI=1S/C15H14BrNO4S2/c1-3-21-11-5-4-10(16)6-9(11)7-12-14(19)17(15(22)23-12)8-13(18)20-2/h4-7H,3,8H2,1-2H3/b12-7-. The maximum Gasteiger partial charge on any atom is 0.325 e. The summed E-state index contributed by atoms with van der Waals surface area (Å²) in [6, 6.07) is 5.55. The van der Waals surface area contributed by atoms with Gasteiger partial charge < -0.3 is 9.47 Å². The zero-order valence-electron chi connectivity index (χ0n) is 12.5. The molecule has 2 rings (SSSR count). The first-order valence-corrected chi connectivity index (χ1v) is 8.72. The number of carbonyl (C=O) groups is 2. The molecule has 0 atom stereocenters. The Morgan fingerprint density at radius 1 is 1.48 bits per heavy atom. The SMILES string of the molecule is CCOc1ccc(Br)cc1/C=C1\SC(=S)N(CC(=O)OC)C1=O. The predicted octanol–water partition coefficient (Wildman–Crippen LogP) is 3.22. The highest BCUT2D eigenvalue weighted by atomic mass is 79.9. The quantitative estimate of drug-likeness (QED) is 0.418. The molecule has 23 heavy (non-hydrogen) atoms. The fraction of sp³-hybridized carbons (Fsp3) is 0.267. The second-order valence-electron chi connectivity index (χ2n) is 4.46. The van der Waals surface area contributed by atoms with E-state index < -0.39 is 5.97 Å². The molecule has 0 spiro atoms. The summed E-state index contributed by atoms with van der Waals surface area (Å²) in [5.41, 5.74) is 0.764. The number of methoxy groups -OCH3 is 1. The molecular formula is C15H14BrNO4S2. The van der Waals surface area contributed by atoms with Gasteiger partial charge in [-0.3, -0.25) is 14.5 Å². The van der Waals surface area contributed by atoms with Crippen molar-refractivity contribution in [2.45, 2.75) is 6.92 Å². The predicted molar refractivity (Wildman–Crippen MR) is 97.2 cm³/mol. The lowest BCUT2D eigenvalue weighted by atomic mass is 10.2. The number of amides is 1. The van der Waals surface area contributed by atoms with E-state index in [1.807, 2.05) is 25.1 Å². The van der Waals surface area contributed by atoms with Crippen LogP contribution in [0.5, 0.6) is 5.75 Å². The highest BCUT2D eigenvalue weighted by Gasteiger charge is 2.33. The maximum atomic E-state index is 12.4. The van der Waals surface area contributed by atoms with Crippen molar-refractivity contribution < 1.29 is 19.1 Å². The van der Waals surface area contributed by atoms with Gasteiger partial charge in [-0.25, -0.2) is 0 Å². The Hall–Kier alpha value is -1.38. The van der Waals surface area contributed by atoms with Crippen molar-refractivity contribution in [2.75, 3.05) is 20.3 Å². The number of nitrogens with zero attached hydrogens (tertiary/aromatic N) is 1. The van der Waals surface area contributed by atoms with Crippen molar-refractivity contribution in [3.63, 3.8) is 0 Å². The minimum Gasteiger partial charge on any atom is -0.493 e. The molecule has 1 amide bonds. The molecule has 0 aliphatic carbocycles. The van der Waals surface area contributed by atoms with Gasteiger partial charge in [-0.2, -0.15) is 0 Å². The number of thiocarbonyl (C=S) groups is 1. The van der Waals surface area contributed by atoms with Crippen LogP contribution in [0.2, 0.25) is 0 Å². The first-order valence-electron chi connectivity index (χ1n) is 6.70. The second kappa shape index (κ2) is 7.94. The molecule has 0 saturated carbocycles. The van der Waals surface area contributed by atoms with Crippen LogP contribution < -0.4 is 4.74 Å². The average Bonchev–Trinajstić information content (AvgIpc) is 2.77. The Balaban J connectivity index is 2.30. The topological polar surface area (TPSA) is 55.8 Å². The van der Waals surface area contributed by atoms with Crippen LogP contribution in [-0.4, -0.2) is 41.4 Å². The smallest absolute Gasteiger partial charge is 0.325 e. The molecule has 0 N–H and O–H groups in total. The van der Waals surface area contributed by atoms with E-state index in [2.05, 4.69) is 20.7 Å². The molecule has 122 valence electrons. The number of hydrogen-bond donors (Lipinski definition) is 0. The fourth-order valence-corrected chi connectivity index (χ4v) is 3.52. The molecule has 8 heteroatoms. The molecule has 1 saturated heterocycles. The van der Waals surface area contributed by atoms with Gasteiger partial charge in [0.1, 0.15) is 16.6 Å². The molecule has 1 aliphatic heterocycles. The van der Waals surface area contributed by atoms with Crippen LogP contribution in [0.25, 0.3) is 6.08 Å². The number of esters is 1. The normalized spacial score (nSPS) is 16.1. The van der Waals surface area contributed by atoms with Crippen LogP contribution in [0.4, 0.5) is 0 Å². The Labute approximate surface area is 152 Å². The Bertz CT molecular complexity index is 690. The third-order valence-electron chi connectivity index (χ3n) is 2.95. The second-order valence-corrected chi connectivity index (χ2v) is 7.05.